The number of ether oxygens (including phenoxy) is 1. The van der Waals surface area contributed by atoms with Gasteiger partial charge in [-0.25, -0.2) is 4.79 Å². The van der Waals surface area contributed by atoms with E-state index in [0.717, 1.165) is 16.7 Å². The predicted molar refractivity (Wildman–Crippen MR) is 247 cm³/mol. The Bertz CT molecular complexity index is 2250. The van der Waals surface area contributed by atoms with E-state index in [-0.39, 0.29) is 55.7 Å². The first-order chi connectivity index (χ1) is 32.5. The van der Waals surface area contributed by atoms with Crippen molar-refractivity contribution in [2.45, 2.75) is 140 Å². The first kappa shape index (κ1) is 54.8. The number of aliphatic hydroxyl groups is 1. The second-order valence-electron chi connectivity index (χ2n) is 17.3. The zero-order valence-corrected chi connectivity index (χ0v) is 39.8. The molecule has 2 heterocycles. The van der Waals surface area contributed by atoms with Crippen LogP contribution in [-0.2, 0) is 65.5 Å². The molecule has 2 aromatic carbocycles. The average Bonchev–Trinajstić information content (AvgIpc) is 3.29. The minimum absolute atomic E-state index is 0.0658. The topological polar surface area (TPSA) is 339 Å². The Morgan fingerprint density at radius 2 is 1.52 bits per heavy atom. The number of likely N-dealkylation sites (N-methyl/N-ethyl adjacent to an activating group) is 1. The summed E-state index contributed by atoms with van der Waals surface area (Å²) in [6.07, 6.45) is -5.22. The van der Waals surface area contributed by atoms with Crippen molar-refractivity contribution < 1.29 is 62.9 Å². The molecular formula is C46H62ClN9O13. The van der Waals surface area contributed by atoms with Crippen LogP contribution in [0.2, 0.25) is 5.02 Å². The number of fused-ring (bicyclic) bond motifs is 2. The number of nitrogens with zero attached hydrogens (tertiary/aromatic N) is 2. The van der Waals surface area contributed by atoms with Gasteiger partial charge in [-0.2, -0.15) is 0 Å². The molecule has 2 aliphatic heterocycles. The number of rotatable bonds is 15. The highest BCUT2D eigenvalue weighted by molar-refractivity contribution is 6.32. The summed E-state index contributed by atoms with van der Waals surface area (Å²) in [6.45, 7) is 5.67. The van der Waals surface area contributed by atoms with Crippen molar-refractivity contribution in [2.75, 3.05) is 7.05 Å². The molecular weight excluding hydrogens is 922 g/mol. The van der Waals surface area contributed by atoms with Crippen molar-refractivity contribution in [3.8, 4) is 5.75 Å². The van der Waals surface area contributed by atoms with Crippen LogP contribution < -0.4 is 38.1 Å². The fourth-order valence-corrected chi connectivity index (χ4v) is 8.22. The third kappa shape index (κ3) is 15.1. The molecule has 9 amide bonds. The molecule has 376 valence electrons. The molecule has 0 radical (unpaired) electrons. The smallest absolute Gasteiger partial charge is 0.329 e. The summed E-state index contributed by atoms with van der Waals surface area (Å²) in [5.74, 6) is -10.2. The van der Waals surface area contributed by atoms with Crippen LogP contribution in [0, 0.1) is 5.92 Å². The Labute approximate surface area is 403 Å². The van der Waals surface area contributed by atoms with Crippen molar-refractivity contribution in [3.63, 3.8) is 0 Å². The summed E-state index contributed by atoms with van der Waals surface area (Å²) in [5.41, 5.74) is 11.7. The van der Waals surface area contributed by atoms with Gasteiger partial charge in [0.05, 0.1) is 5.02 Å². The Hall–Kier alpha value is -6.81. The Morgan fingerprint density at radius 1 is 0.870 bits per heavy atom. The summed E-state index contributed by atoms with van der Waals surface area (Å²) in [7, 11) is 1.30. The fraction of sp³-hybridized carbons (Fsp3) is 0.522. The molecule has 2 saturated heterocycles. The lowest BCUT2D eigenvalue weighted by Crippen LogP contribution is -2.65. The lowest BCUT2D eigenvalue weighted by Gasteiger charge is -2.43. The van der Waals surface area contributed by atoms with Crippen LogP contribution in [0.1, 0.15) is 83.8 Å². The van der Waals surface area contributed by atoms with Crippen LogP contribution in [0.25, 0.3) is 0 Å². The molecule has 10 unspecified atom stereocenters. The number of aliphatic hydroxyl groups excluding tert-OH is 1. The van der Waals surface area contributed by atoms with Gasteiger partial charge < -0.3 is 62.8 Å². The number of nitrogens with two attached hydrogens (primary N) is 2. The standard InChI is InChI=1S/C46H62ClN9O13/c1-6-23(2)38-46(68)69-24(3)39(54-41(63)29(50-25(4)57)13-17-35(48)59)43(65)51-30(14-18-36(49)60)40(62)52-31-15-19-37(61)56(44(31)66)33(21-26-10-8-7-9-11-26)45(67)55(5)32(42(64)53-38)22-27-12-16-34(58)28(47)20-27/h7-12,16,20,23-24,29-33,37-39,58,61H,6,13-15,17-19,21-22H2,1-5H3,(H2,48,59)(H2,49,60)(H,50,57)(H,51,65)(H,52,62)(H,53,64)(H,54,63). The molecule has 69 heavy (non-hydrogen) atoms. The number of amides is 9. The summed E-state index contributed by atoms with van der Waals surface area (Å²) >= 11 is 6.26. The van der Waals surface area contributed by atoms with E-state index in [9.17, 15) is 53.4 Å². The number of cyclic esters (lactones) is 1. The molecule has 4 rings (SSSR count). The van der Waals surface area contributed by atoms with Gasteiger partial charge in [0.2, 0.25) is 53.2 Å². The van der Waals surface area contributed by atoms with Crippen molar-refractivity contribution in [1.82, 2.24) is 36.4 Å². The Morgan fingerprint density at radius 3 is 2.13 bits per heavy atom. The number of halogens is 1. The number of esters is 1. The molecule has 22 nitrogen and oxygen atoms in total. The normalized spacial score (nSPS) is 25.0. The van der Waals surface area contributed by atoms with E-state index in [1.54, 1.807) is 44.2 Å². The fourth-order valence-electron chi connectivity index (χ4n) is 8.02. The zero-order valence-electron chi connectivity index (χ0n) is 39.1. The highest BCUT2D eigenvalue weighted by Crippen LogP contribution is 2.28. The van der Waals surface area contributed by atoms with E-state index in [1.165, 1.54) is 32.2 Å². The van der Waals surface area contributed by atoms with Gasteiger partial charge in [0.25, 0.3) is 0 Å². The lowest BCUT2D eigenvalue weighted by atomic mass is 9.95. The van der Waals surface area contributed by atoms with Crippen LogP contribution in [0.4, 0.5) is 0 Å². The van der Waals surface area contributed by atoms with Crippen LogP contribution in [-0.4, -0.2) is 141 Å². The first-order valence-electron chi connectivity index (χ1n) is 22.6. The maximum absolute atomic E-state index is 15.1. The third-order valence-corrected chi connectivity index (χ3v) is 12.5. The minimum atomic E-state index is -1.87. The van der Waals surface area contributed by atoms with E-state index in [4.69, 9.17) is 27.8 Å². The quantitative estimate of drug-likeness (QED) is 0.0962. The molecule has 2 bridgehead atoms. The highest BCUT2D eigenvalue weighted by Gasteiger charge is 2.46. The van der Waals surface area contributed by atoms with E-state index < -0.39 is 133 Å². The SMILES string of the molecule is CCC(C)C1NC(=O)C(Cc2ccc(O)c(Cl)c2)N(C)C(=O)C(Cc2ccccc2)N2C(=O)C(CCC2O)NC(=O)C(CCC(N)=O)NC(=O)C(NC(=O)C(CCC(N)=O)NC(C)=O)C(C)OC1=O. The monoisotopic (exact) mass is 983 g/mol. The van der Waals surface area contributed by atoms with Crippen LogP contribution >= 0.6 is 11.6 Å². The maximum Gasteiger partial charge on any atom is 0.329 e. The second kappa shape index (κ2) is 25.0. The molecule has 10 atom stereocenters. The third-order valence-electron chi connectivity index (χ3n) is 12.2. The number of aromatic hydroxyl groups is 1. The molecule has 0 saturated carbocycles. The predicted octanol–water partition coefficient (Wildman–Crippen LogP) is -1.07. The van der Waals surface area contributed by atoms with Crippen LogP contribution in [0.5, 0.6) is 5.75 Å². The number of hydrogen-bond donors (Lipinski definition) is 9. The van der Waals surface area contributed by atoms with Crippen LogP contribution in [0.3, 0.4) is 0 Å². The minimum Gasteiger partial charge on any atom is -0.506 e. The Balaban J connectivity index is 1.92. The van der Waals surface area contributed by atoms with Gasteiger partial charge in [0.1, 0.15) is 60.4 Å². The van der Waals surface area contributed by atoms with E-state index in [1.807, 2.05) is 0 Å². The summed E-state index contributed by atoms with van der Waals surface area (Å²) in [4.78, 5) is 139. The second-order valence-corrected chi connectivity index (χ2v) is 17.8. The average molecular weight is 985 g/mol. The van der Waals surface area contributed by atoms with E-state index in [2.05, 4.69) is 26.6 Å². The Kier molecular flexibility index (Phi) is 19.8. The molecule has 11 N–H and O–H groups in total. The largest absolute Gasteiger partial charge is 0.506 e. The van der Waals surface area contributed by atoms with Crippen LogP contribution in [0.15, 0.2) is 48.5 Å². The van der Waals surface area contributed by atoms with Gasteiger partial charge in [0.15, 0.2) is 0 Å². The van der Waals surface area contributed by atoms with Crippen molar-refractivity contribution in [3.05, 3.63) is 64.7 Å². The summed E-state index contributed by atoms with van der Waals surface area (Å²) < 4.78 is 5.83. The summed E-state index contributed by atoms with van der Waals surface area (Å²) in [6, 6.07) is 1.83. The number of benzene rings is 2. The number of carbonyl (C=O) groups excluding carboxylic acids is 10. The lowest BCUT2D eigenvalue weighted by molar-refractivity contribution is -0.165. The molecule has 2 aromatic rings. The van der Waals surface area contributed by atoms with Crippen molar-refractivity contribution in [1.29, 1.82) is 0 Å². The number of piperidine rings is 1. The van der Waals surface area contributed by atoms with Gasteiger partial charge in [-0.3, -0.25) is 43.2 Å². The van der Waals surface area contributed by atoms with Gasteiger partial charge in [0, 0.05) is 39.7 Å². The number of hydrogen-bond acceptors (Lipinski definition) is 13. The van der Waals surface area contributed by atoms with Gasteiger partial charge in [-0.05, 0) is 61.8 Å². The van der Waals surface area contributed by atoms with Gasteiger partial charge >= 0.3 is 5.97 Å². The maximum atomic E-state index is 15.1. The van der Waals surface area contributed by atoms with Gasteiger partial charge in [-0.1, -0.05) is 68.3 Å². The van der Waals surface area contributed by atoms with Crippen molar-refractivity contribution in [2.24, 2.45) is 17.4 Å². The van der Waals surface area contributed by atoms with E-state index >= 15 is 4.79 Å². The van der Waals surface area contributed by atoms with E-state index in [0.29, 0.717) is 11.1 Å². The molecule has 0 aromatic heterocycles. The number of phenolic OH excluding ortho intramolecular Hbond substituents is 1. The molecule has 0 aliphatic carbocycles. The first-order valence-corrected chi connectivity index (χ1v) is 22.9. The highest BCUT2D eigenvalue weighted by atomic mass is 35.5. The molecule has 2 fully saturated rings. The number of primary amides is 2. The molecule has 23 heteroatoms. The van der Waals surface area contributed by atoms with Crippen molar-refractivity contribution >= 4 is 70.7 Å². The number of nitrogens with one attached hydrogen (secondary N) is 5. The zero-order chi connectivity index (χ0) is 51.3. The van der Waals surface area contributed by atoms with Gasteiger partial charge in [-0.15, -0.1) is 0 Å². The number of phenols is 1. The summed E-state index contributed by atoms with van der Waals surface area (Å²) in [5, 5.41) is 34.2. The molecule has 2 aliphatic rings. The molecule has 0 spiro atoms. The number of carbonyl (C=O) groups is 10.